The summed E-state index contributed by atoms with van der Waals surface area (Å²) in [6, 6.07) is 0.281. The second-order valence-electron chi connectivity index (χ2n) is 5.15. The van der Waals surface area contributed by atoms with Crippen molar-refractivity contribution in [2.24, 2.45) is 5.73 Å². The van der Waals surface area contributed by atoms with Crippen molar-refractivity contribution in [2.75, 3.05) is 6.54 Å². The summed E-state index contributed by atoms with van der Waals surface area (Å²) >= 11 is 0. The Labute approximate surface area is 108 Å². The molecule has 18 heavy (non-hydrogen) atoms. The molecule has 2 atom stereocenters. The molecule has 2 N–H and O–H groups in total. The minimum absolute atomic E-state index is 0.00292. The van der Waals surface area contributed by atoms with Gasteiger partial charge in [0.1, 0.15) is 0 Å². The van der Waals surface area contributed by atoms with Crippen LogP contribution in [0.4, 0.5) is 0 Å². The lowest BCUT2D eigenvalue weighted by molar-refractivity contribution is -0.137. The van der Waals surface area contributed by atoms with Crippen LogP contribution in [-0.4, -0.2) is 32.9 Å². The third-order valence-electron chi connectivity index (χ3n) is 3.65. The van der Waals surface area contributed by atoms with Crippen LogP contribution in [0.25, 0.3) is 0 Å². The van der Waals surface area contributed by atoms with Gasteiger partial charge in [0.05, 0.1) is 24.3 Å². The van der Waals surface area contributed by atoms with Crippen LogP contribution in [-0.2, 0) is 4.79 Å². The number of nitrogens with zero attached hydrogens (tertiary/aromatic N) is 3. The fraction of sp³-hybridized carbons (Fsp3) is 0.692. The van der Waals surface area contributed by atoms with Crippen LogP contribution in [0.3, 0.4) is 0 Å². The predicted molar refractivity (Wildman–Crippen MR) is 69.9 cm³/mol. The minimum Gasteiger partial charge on any atom is -0.333 e. The predicted octanol–water partition coefficient (Wildman–Crippen LogP) is 1.47. The van der Waals surface area contributed by atoms with Gasteiger partial charge in [-0.2, -0.15) is 0 Å². The van der Waals surface area contributed by atoms with Crippen LogP contribution in [0, 0.1) is 0 Å². The van der Waals surface area contributed by atoms with Gasteiger partial charge in [0.15, 0.2) is 0 Å². The summed E-state index contributed by atoms with van der Waals surface area (Å²) in [5, 5.41) is 0. The highest BCUT2D eigenvalue weighted by Gasteiger charge is 2.35. The van der Waals surface area contributed by atoms with Gasteiger partial charge in [0.25, 0.3) is 0 Å². The molecule has 1 fully saturated rings. The number of hydrogen-bond acceptors (Lipinski definition) is 3. The van der Waals surface area contributed by atoms with E-state index in [2.05, 4.69) is 23.4 Å². The van der Waals surface area contributed by atoms with Crippen molar-refractivity contribution in [1.29, 1.82) is 0 Å². The summed E-state index contributed by atoms with van der Waals surface area (Å²) in [5.74, 6) is 0.195. The number of imidazole rings is 1. The SMILES string of the molecule is CCN1C(=O)CCC(N)C1c1cncn1C(C)C. The molecule has 0 bridgehead atoms. The largest absolute Gasteiger partial charge is 0.333 e. The first-order valence-electron chi connectivity index (χ1n) is 6.63. The van der Waals surface area contributed by atoms with Gasteiger partial charge in [-0.25, -0.2) is 4.98 Å². The van der Waals surface area contributed by atoms with Crippen LogP contribution < -0.4 is 5.73 Å². The first kappa shape index (κ1) is 13.1. The normalized spacial score (nSPS) is 24.9. The summed E-state index contributed by atoms with van der Waals surface area (Å²) in [5.41, 5.74) is 7.28. The summed E-state index contributed by atoms with van der Waals surface area (Å²) < 4.78 is 2.10. The van der Waals surface area contributed by atoms with E-state index in [1.807, 2.05) is 24.3 Å². The fourth-order valence-electron chi connectivity index (χ4n) is 2.71. The zero-order valence-electron chi connectivity index (χ0n) is 11.3. The number of piperidine rings is 1. The standard InChI is InChI=1S/C13H22N4O/c1-4-16-12(18)6-5-10(14)13(16)11-7-15-8-17(11)9(2)3/h7-10,13H,4-6,14H2,1-3H3. The van der Waals surface area contributed by atoms with Gasteiger partial charge in [0, 0.05) is 25.0 Å². The molecule has 5 heteroatoms. The second kappa shape index (κ2) is 5.10. The number of rotatable bonds is 3. The highest BCUT2D eigenvalue weighted by molar-refractivity contribution is 5.77. The quantitative estimate of drug-likeness (QED) is 0.883. The Bertz CT molecular complexity index is 426. The molecule has 1 saturated heterocycles. The Balaban J connectivity index is 2.38. The third-order valence-corrected chi connectivity index (χ3v) is 3.65. The molecule has 1 aliphatic heterocycles. The topological polar surface area (TPSA) is 64.2 Å². The van der Waals surface area contributed by atoms with Gasteiger partial charge in [-0.3, -0.25) is 4.79 Å². The number of aromatic nitrogens is 2. The number of carbonyl (C=O) groups excluding carboxylic acids is 1. The number of likely N-dealkylation sites (N-methyl/N-ethyl adjacent to an activating group) is 1. The van der Waals surface area contributed by atoms with Gasteiger partial charge in [0.2, 0.25) is 5.91 Å². The summed E-state index contributed by atoms with van der Waals surface area (Å²) in [6.45, 7) is 6.91. The monoisotopic (exact) mass is 250 g/mol. The number of hydrogen-bond donors (Lipinski definition) is 1. The van der Waals surface area contributed by atoms with E-state index in [1.165, 1.54) is 0 Å². The van der Waals surface area contributed by atoms with Gasteiger partial charge in [-0.15, -0.1) is 0 Å². The van der Waals surface area contributed by atoms with Crippen molar-refractivity contribution in [3.63, 3.8) is 0 Å². The highest BCUT2D eigenvalue weighted by atomic mass is 16.2. The first-order chi connectivity index (χ1) is 8.56. The molecule has 5 nitrogen and oxygen atoms in total. The van der Waals surface area contributed by atoms with Gasteiger partial charge >= 0.3 is 0 Å². The lowest BCUT2D eigenvalue weighted by Crippen LogP contribution is -2.49. The molecule has 100 valence electrons. The third kappa shape index (κ3) is 2.14. The average Bonchev–Trinajstić information content (AvgIpc) is 2.80. The van der Waals surface area contributed by atoms with Gasteiger partial charge < -0.3 is 15.2 Å². The van der Waals surface area contributed by atoms with E-state index >= 15 is 0 Å². The minimum atomic E-state index is -0.0406. The summed E-state index contributed by atoms with van der Waals surface area (Å²) in [4.78, 5) is 18.1. The van der Waals surface area contributed by atoms with E-state index in [0.29, 0.717) is 19.0 Å². The van der Waals surface area contributed by atoms with Crippen molar-refractivity contribution in [3.05, 3.63) is 18.2 Å². The second-order valence-corrected chi connectivity index (χ2v) is 5.15. The Kier molecular flexibility index (Phi) is 3.71. The summed E-state index contributed by atoms with van der Waals surface area (Å²) in [7, 11) is 0. The molecule has 2 heterocycles. The number of likely N-dealkylation sites (tertiary alicyclic amines) is 1. The van der Waals surface area contributed by atoms with Crippen LogP contribution in [0.15, 0.2) is 12.5 Å². The maximum atomic E-state index is 12.0. The van der Waals surface area contributed by atoms with Crippen LogP contribution in [0.2, 0.25) is 0 Å². The van der Waals surface area contributed by atoms with E-state index in [9.17, 15) is 4.79 Å². The zero-order chi connectivity index (χ0) is 13.3. The van der Waals surface area contributed by atoms with Crippen LogP contribution in [0.1, 0.15) is 51.4 Å². The molecule has 2 rings (SSSR count). The molecule has 0 radical (unpaired) electrons. The number of amides is 1. The maximum absolute atomic E-state index is 12.0. The van der Waals surface area contributed by atoms with Crippen molar-refractivity contribution < 1.29 is 4.79 Å². The maximum Gasteiger partial charge on any atom is 0.223 e. The van der Waals surface area contributed by atoms with Crippen molar-refractivity contribution in [2.45, 2.75) is 51.7 Å². The van der Waals surface area contributed by atoms with Gasteiger partial charge in [-0.05, 0) is 27.2 Å². The molecular weight excluding hydrogens is 228 g/mol. The Hall–Kier alpha value is -1.36. The molecule has 0 aliphatic carbocycles. The van der Waals surface area contributed by atoms with Crippen LogP contribution in [0.5, 0.6) is 0 Å². The molecule has 0 saturated carbocycles. The zero-order valence-corrected chi connectivity index (χ0v) is 11.3. The average molecular weight is 250 g/mol. The summed E-state index contributed by atoms with van der Waals surface area (Å²) in [6.07, 6.45) is 4.97. The molecule has 1 aliphatic rings. The molecule has 1 aromatic heterocycles. The Morgan fingerprint density at radius 1 is 1.56 bits per heavy atom. The van der Waals surface area contributed by atoms with Crippen LogP contribution >= 0.6 is 0 Å². The molecule has 1 aromatic rings. The van der Waals surface area contributed by atoms with E-state index in [0.717, 1.165) is 12.1 Å². The van der Waals surface area contributed by atoms with Crippen molar-refractivity contribution >= 4 is 5.91 Å². The Morgan fingerprint density at radius 2 is 2.28 bits per heavy atom. The Morgan fingerprint density at radius 3 is 2.89 bits per heavy atom. The smallest absolute Gasteiger partial charge is 0.223 e. The van der Waals surface area contributed by atoms with E-state index in [4.69, 9.17) is 5.73 Å². The first-order valence-corrected chi connectivity index (χ1v) is 6.63. The number of carbonyl (C=O) groups is 1. The molecule has 0 aromatic carbocycles. The molecule has 2 unspecified atom stereocenters. The van der Waals surface area contributed by atoms with Gasteiger partial charge in [-0.1, -0.05) is 0 Å². The lowest BCUT2D eigenvalue weighted by Gasteiger charge is -2.39. The van der Waals surface area contributed by atoms with E-state index in [1.54, 1.807) is 0 Å². The molecule has 0 spiro atoms. The van der Waals surface area contributed by atoms with E-state index in [-0.39, 0.29) is 18.0 Å². The fourth-order valence-corrected chi connectivity index (χ4v) is 2.71. The lowest BCUT2D eigenvalue weighted by atomic mass is 9.94. The van der Waals surface area contributed by atoms with Crippen molar-refractivity contribution in [1.82, 2.24) is 14.5 Å². The molecule has 1 amide bonds. The number of nitrogens with two attached hydrogens (primary N) is 1. The van der Waals surface area contributed by atoms with E-state index < -0.39 is 0 Å². The molecular formula is C13H22N4O. The van der Waals surface area contributed by atoms with Crippen molar-refractivity contribution in [3.8, 4) is 0 Å². The highest BCUT2D eigenvalue weighted by Crippen LogP contribution is 2.31.